The maximum absolute atomic E-state index is 14.4. The van der Waals surface area contributed by atoms with Crippen LogP contribution in [0.15, 0.2) is 36.7 Å². The first-order valence-electron chi connectivity index (χ1n) is 28.5. The first-order chi connectivity index (χ1) is 39.7. The van der Waals surface area contributed by atoms with Gasteiger partial charge in [0.15, 0.2) is 0 Å². The van der Waals surface area contributed by atoms with E-state index in [9.17, 15) is 47.9 Å². The van der Waals surface area contributed by atoms with E-state index >= 15 is 0 Å². The Morgan fingerprint density at radius 3 is 1.84 bits per heavy atom. The summed E-state index contributed by atoms with van der Waals surface area (Å²) in [5, 5.41) is 26.5. The van der Waals surface area contributed by atoms with Crippen molar-refractivity contribution in [3.05, 3.63) is 42.4 Å². The minimum Gasteiger partial charge on any atom is -0.386 e. The van der Waals surface area contributed by atoms with Crippen LogP contribution in [0.1, 0.15) is 109 Å². The van der Waals surface area contributed by atoms with Crippen molar-refractivity contribution in [2.75, 3.05) is 65.4 Å². The van der Waals surface area contributed by atoms with E-state index in [0.29, 0.717) is 70.2 Å². The van der Waals surface area contributed by atoms with E-state index in [2.05, 4.69) is 69.7 Å². The number of carbonyl (C=O) groups excluding carboxylic acids is 10. The lowest BCUT2D eigenvalue weighted by Gasteiger charge is -2.30. The summed E-state index contributed by atoms with van der Waals surface area (Å²) < 4.78 is 0. The molecule has 1 aliphatic rings. The Hall–Kier alpha value is -7.29. The van der Waals surface area contributed by atoms with Gasteiger partial charge in [-0.2, -0.15) is 0 Å². The summed E-state index contributed by atoms with van der Waals surface area (Å²) in [6.45, 7) is 6.26. The van der Waals surface area contributed by atoms with Gasteiger partial charge in [-0.05, 0) is 130 Å². The second kappa shape index (κ2) is 40.8. The van der Waals surface area contributed by atoms with Crippen LogP contribution in [0.3, 0.4) is 0 Å². The molecule has 4 unspecified atom stereocenters. The fraction of sp³-hybridized carbons (Fsp3) is 0.673. The number of aromatic amines is 1. The molecule has 468 valence electrons. The Kier molecular flexibility index (Phi) is 35.3. The molecule has 10 amide bonds. The average Bonchev–Trinajstić information content (AvgIpc) is 4.19. The molecule has 0 radical (unpaired) electrons. The molecule has 31 heteroatoms. The number of nitrogens with zero attached hydrogens (tertiary/aromatic N) is 2. The molecular formula is C52H95N21O10. The third-order valence-corrected chi connectivity index (χ3v) is 13.3. The van der Waals surface area contributed by atoms with Gasteiger partial charge in [-0.3, -0.25) is 47.9 Å². The number of H-pyrrole nitrogens is 1. The number of hydrogen-bond donors (Lipinski definition) is 19. The number of aromatic nitrogens is 2. The van der Waals surface area contributed by atoms with Crippen molar-refractivity contribution in [3.63, 3.8) is 0 Å². The highest BCUT2D eigenvalue weighted by molar-refractivity contribution is 6.02. The second-order valence-electron chi connectivity index (χ2n) is 20.1. The van der Waals surface area contributed by atoms with Crippen LogP contribution >= 0.6 is 0 Å². The Bertz CT molecular complexity index is 2250. The van der Waals surface area contributed by atoms with Gasteiger partial charge in [-0.15, -0.1) is 0 Å². The first kappa shape index (κ1) is 71.8. The molecule has 83 heavy (non-hydrogen) atoms. The molecule has 1 fully saturated rings. The molecule has 0 aliphatic carbocycles. The van der Waals surface area contributed by atoms with Crippen molar-refractivity contribution in [1.82, 2.24) is 68.0 Å². The van der Waals surface area contributed by atoms with Gasteiger partial charge < -0.3 is 109 Å². The third kappa shape index (κ3) is 27.6. The lowest BCUT2D eigenvalue weighted by molar-refractivity contribution is -0.142. The summed E-state index contributed by atoms with van der Waals surface area (Å²) in [4.78, 5) is 145. The molecule has 1 aliphatic heterocycles. The normalized spacial score (nSPS) is 15.6. The number of carbonyl (C=O) groups is 10. The molecule has 8 atom stereocenters. The van der Waals surface area contributed by atoms with Crippen LogP contribution in [-0.2, 0) is 54.4 Å². The maximum atomic E-state index is 14.4. The number of hydrogen-bond acceptors (Lipinski definition) is 20. The third-order valence-electron chi connectivity index (χ3n) is 13.3. The number of likely N-dealkylation sites (tertiary alicyclic amines) is 1. The van der Waals surface area contributed by atoms with Crippen LogP contribution < -0.4 is 99.0 Å². The van der Waals surface area contributed by atoms with Crippen molar-refractivity contribution >= 4 is 59.1 Å². The first-order valence-corrected chi connectivity index (χ1v) is 28.5. The molecule has 31 nitrogen and oxygen atoms in total. The van der Waals surface area contributed by atoms with E-state index < -0.39 is 114 Å². The fourth-order valence-corrected chi connectivity index (χ4v) is 8.69. The maximum Gasteiger partial charge on any atom is 0.268 e. The zero-order valence-electron chi connectivity index (χ0n) is 48.0. The highest BCUT2D eigenvalue weighted by atomic mass is 16.2. The van der Waals surface area contributed by atoms with Crippen molar-refractivity contribution < 1.29 is 47.9 Å². The molecule has 0 bridgehead atoms. The fourth-order valence-electron chi connectivity index (χ4n) is 8.69. The minimum atomic E-state index is -1.36. The molecule has 2 heterocycles. The van der Waals surface area contributed by atoms with Gasteiger partial charge in [0.1, 0.15) is 48.0 Å². The Morgan fingerprint density at radius 2 is 1.24 bits per heavy atom. The van der Waals surface area contributed by atoms with Gasteiger partial charge in [0.2, 0.25) is 53.2 Å². The van der Waals surface area contributed by atoms with E-state index in [0.717, 1.165) is 0 Å². The lowest BCUT2D eigenvalue weighted by Crippen LogP contribution is -2.59. The molecule has 1 aromatic rings. The van der Waals surface area contributed by atoms with Crippen molar-refractivity contribution in [2.45, 2.75) is 158 Å². The van der Waals surface area contributed by atoms with Crippen LogP contribution in [-0.4, -0.2) is 188 Å². The monoisotopic (exact) mass is 1170 g/mol. The summed E-state index contributed by atoms with van der Waals surface area (Å²) in [7, 11) is 0. The Labute approximate surface area is 485 Å². The molecule has 0 aromatic carbocycles. The summed E-state index contributed by atoms with van der Waals surface area (Å²) in [6.07, 6.45) is 9.07. The topological polar surface area (TPSA) is 531 Å². The minimum absolute atomic E-state index is 0.0360. The number of nitrogens with two attached hydrogens (primary N) is 8. The van der Waals surface area contributed by atoms with Crippen molar-refractivity contribution in [2.24, 2.45) is 45.9 Å². The van der Waals surface area contributed by atoms with Crippen LogP contribution in [0.4, 0.5) is 0 Å². The Morgan fingerprint density at radius 1 is 0.639 bits per heavy atom. The number of imidazole rings is 1. The standard InChI is InChI=1S/C52H95N21O10/c1-32(66-47(78)39(18-23-57)68-45(76)35(60)12-3-6-19-53)44(75)64-30-43(74)67-40(15-9-22-56)52(83)73-27-11-17-42(73)51(82)72-41(28-34-29-61-31-65-34)50(81)71-37(14-5-8-21-55)48(79)70-38(16-10-25-62-33(2)59)49(80)69-36(13-4-7-20-54)46(77)63-26-24-58/h16,29,31-32,35-37,39-42,62H,2-15,17-28,30,53-60H2,1H3,(H,61,65)(H,63,77)(H,64,75)(H,66,78)(H,67,74)(H,68,76)(H,69,80)(H,70,79)(H,71,81)(H,72,82)/b38-16-/t32?,35?,36-,37-,39?,40+,41?,42-/m0/s1. The molecule has 1 saturated heterocycles. The Balaban J connectivity index is 2.31. The second-order valence-corrected chi connectivity index (χ2v) is 20.1. The smallest absolute Gasteiger partial charge is 0.268 e. The van der Waals surface area contributed by atoms with Crippen LogP contribution in [0, 0.1) is 0 Å². The quantitative estimate of drug-likeness (QED) is 0.0213. The van der Waals surface area contributed by atoms with E-state index in [1.54, 1.807) is 0 Å². The summed E-state index contributed by atoms with van der Waals surface area (Å²) in [5.41, 5.74) is 46.0. The van der Waals surface area contributed by atoms with Gasteiger partial charge in [0.25, 0.3) is 5.91 Å². The van der Waals surface area contributed by atoms with Gasteiger partial charge in [-0.1, -0.05) is 19.1 Å². The highest BCUT2D eigenvalue weighted by Gasteiger charge is 2.40. The van der Waals surface area contributed by atoms with E-state index in [1.807, 2.05) is 0 Å². The van der Waals surface area contributed by atoms with E-state index in [-0.39, 0.29) is 109 Å². The van der Waals surface area contributed by atoms with Crippen molar-refractivity contribution in [3.8, 4) is 0 Å². The zero-order chi connectivity index (χ0) is 61.7. The van der Waals surface area contributed by atoms with Gasteiger partial charge in [0.05, 0.1) is 24.7 Å². The van der Waals surface area contributed by atoms with Crippen LogP contribution in [0.25, 0.3) is 0 Å². The number of nitrogens with one attached hydrogen (secondary N) is 11. The average molecular weight is 1170 g/mol. The SMILES string of the molecule is C=C(N)NCC/C=C(\NC(=O)[C@H](CCCCN)NC(=O)C(Cc1cnc[nH]1)NC(=O)[C@@H]1CCCN1C(=O)[C@@H](CCCN)NC(=O)CNC(=O)C(C)NC(=O)C(CCN)NC(=O)C(N)CCCCN)C(=O)N[C@@H](CCCCN)C(=O)NCCN. The van der Waals surface area contributed by atoms with Crippen molar-refractivity contribution in [1.29, 1.82) is 0 Å². The predicted molar refractivity (Wildman–Crippen MR) is 310 cm³/mol. The predicted octanol–water partition coefficient (Wildman–Crippen LogP) is -6.73. The molecule has 1 aromatic heterocycles. The van der Waals surface area contributed by atoms with Crippen LogP contribution in [0.5, 0.6) is 0 Å². The number of amides is 10. The zero-order valence-corrected chi connectivity index (χ0v) is 48.0. The molecule has 27 N–H and O–H groups in total. The van der Waals surface area contributed by atoms with E-state index in [1.165, 1.54) is 30.4 Å². The summed E-state index contributed by atoms with van der Waals surface area (Å²) >= 11 is 0. The summed E-state index contributed by atoms with van der Waals surface area (Å²) in [5.74, 6) is -6.83. The largest absolute Gasteiger partial charge is 0.386 e. The van der Waals surface area contributed by atoms with Gasteiger partial charge in [-0.25, -0.2) is 4.98 Å². The molecule has 2 rings (SSSR count). The summed E-state index contributed by atoms with van der Waals surface area (Å²) in [6, 6.07) is -9.13. The van der Waals surface area contributed by atoms with E-state index in [4.69, 9.17) is 45.9 Å². The van der Waals surface area contributed by atoms with Gasteiger partial charge in [0, 0.05) is 44.5 Å². The highest BCUT2D eigenvalue weighted by Crippen LogP contribution is 2.21. The number of rotatable bonds is 43. The molecule has 0 spiro atoms. The van der Waals surface area contributed by atoms with Crippen LogP contribution in [0.2, 0.25) is 0 Å². The lowest BCUT2D eigenvalue weighted by atomic mass is 10.0. The molecular weight excluding hydrogens is 1080 g/mol. The van der Waals surface area contributed by atoms with Gasteiger partial charge >= 0.3 is 0 Å². The number of unbranched alkanes of at least 4 members (excludes halogenated alkanes) is 3. The molecule has 0 saturated carbocycles.